The summed E-state index contributed by atoms with van der Waals surface area (Å²) < 4.78 is 6.70. The van der Waals surface area contributed by atoms with E-state index in [2.05, 4.69) is 10.2 Å². The molecular weight excluding hydrogens is 296 g/mol. The van der Waals surface area contributed by atoms with Crippen LogP contribution in [0.2, 0.25) is 5.02 Å². The van der Waals surface area contributed by atoms with Crippen LogP contribution in [0.5, 0.6) is 0 Å². The van der Waals surface area contributed by atoms with Crippen molar-refractivity contribution in [2.75, 3.05) is 13.1 Å². The number of carbonyl (C=O) groups excluding carboxylic acids is 1. The van der Waals surface area contributed by atoms with E-state index in [4.69, 9.17) is 16.0 Å². The third-order valence-corrected chi connectivity index (χ3v) is 3.98. The van der Waals surface area contributed by atoms with Gasteiger partial charge in [-0.15, -0.1) is 5.10 Å². The zero-order valence-electron chi connectivity index (χ0n) is 11.5. The number of rotatable bonds is 2. The number of nitrogens with zero attached hydrogens (tertiary/aromatic N) is 3. The second-order valence-electron chi connectivity index (χ2n) is 5.17. The summed E-state index contributed by atoms with van der Waals surface area (Å²) in [6.07, 6.45) is 3.15. The number of halogens is 1. The molecule has 0 saturated carbocycles. The molecular formula is C13H15ClN4O3. The van der Waals surface area contributed by atoms with Crippen LogP contribution in [0.4, 0.5) is 0 Å². The van der Waals surface area contributed by atoms with Crippen molar-refractivity contribution in [2.45, 2.75) is 18.8 Å². The minimum atomic E-state index is -0.540. The number of amides is 1. The van der Waals surface area contributed by atoms with E-state index in [-0.39, 0.29) is 11.8 Å². The molecule has 7 nitrogen and oxygen atoms in total. The molecule has 21 heavy (non-hydrogen) atoms. The molecule has 3 rings (SSSR count). The Labute approximate surface area is 125 Å². The first-order valence-corrected chi connectivity index (χ1v) is 7.09. The molecule has 8 heteroatoms. The zero-order valence-corrected chi connectivity index (χ0v) is 12.3. The Hall–Kier alpha value is -2.02. The summed E-state index contributed by atoms with van der Waals surface area (Å²) in [6.45, 7) is 1.20. The molecule has 0 unspecified atom stereocenters. The number of hydrogen-bond acceptors (Lipinski definition) is 4. The fourth-order valence-electron chi connectivity index (χ4n) is 2.64. The summed E-state index contributed by atoms with van der Waals surface area (Å²) in [5.74, 6) is -0.0766. The van der Waals surface area contributed by atoms with Gasteiger partial charge in [0, 0.05) is 32.3 Å². The molecule has 1 aliphatic heterocycles. The lowest BCUT2D eigenvalue weighted by molar-refractivity contribution is 0.0696. The quantitative estimate of drug-likeness (QED) is 0.908. The van der Waals surface area contributed by atoms with Gasteiger partial charge in [-0.3, -0.25) is 4.79 Å². The maximum Gasteiger partial charge on any atom is 0.434 e. The third-order valence-electron chi connectivity index (χ3n) is 3.78. The molecule has 1 fully saturated rings. The van der Waals surface area contributed by atoms with Gasteiger partial charge >= 0.3 is 5.76 Å². The second kappa shape index (κ2) is 5.40. The molecule has 0 radical (unpaired) electrons. The first-order chi connectivity index (χ1) is 10.0. The number of aryl methyl sites for hydroxylation is 1. The van der Waals surface area contributed by atoms with Crippen molar-refractivity contribution >= 4 is 17.5 Å². The number of H-pyrrole nitrogens is 1. The van der Waals surface area contributed by atoms with Crippen LogP contribution in [0, 0.1) is 0 Å². The SMILES string of the molecule is Cn1cc(Cl)cc1C(=O)N1CCC(c2n[nH]c(=O)o2)CC1. The first-order valence-electron chi connectivity index (χ1n) is 6.71. The first kappa shape index (κ1) is 13.9. The lowest BCUT2D eigenvalue weighted by Crippen LogP contribution is -2.38. The molecule has 0 atom stereocenters. The van der Waals surface area contributed by atoms with Crippen LogP contribution in [-0.2, 0) is 7.05 Å². The molecule has 0 bridgehead atoms. The predicted molar refractivity (Wildman–Crippen MR) is 75.4 cm³/mol. The smallest absolute Gasteiger partial charge is 0.392 e. The highest BCUT2D eigenvalue weighted by Crippen LogP contribution is 2.27. The number of aromatic nitrogens is 3. The Morgan fingerprint density at radius 1 is 1.48 bits per heavy atom. The summed E-state index contributed by atoms with van der Waals surface area (Å²) in [5, 5.41) is 6.67. The summed E-state index contributed by atoms with van der Waals surface area (Å²) >= 11 is 5.91. The zero-order chi connectivity index (χ0) is 15.0. The normalized spacial score (nSPS) is 16.4. The van der Waals surface area contributed by atoms with Gasteiger partial charge in [-0.25, -0.2) is 9.89 Å². The van der Waals surface area contributed by atoms with Gasteiger partial charge < -0.3 is 13.9 Å². The highest BCUT2D eigenvalue weighted by atomic mass is 35.5. The average molecular weight is 311 g/mol. The van der Waals surface area contributed by atoms with Crippen molar-refractivity contribution in [3.8, 4) is 0 Å². The van der Waals surface area contributed by atoms with Crippen LogP contribution >= 0.6 is 11.6 Å². The summed E-state index contributed by atoms with van der Waals surface area (Å²) in [7, 11) is 1.80. The number of piperidine rings is 1. The van der Waals surface area contributed by atoms with E-state index in [1.165, 1.54) is 0 Å². The maximum atomic E-state index is 12.4. The number of carbonyl (C=O) groups is 1. The van der Waals surface area contributed by atoms with Crippen LogP contribution in [0.1, 0.15) is 35.1 Å². The van der Waals surface area contributed by atoms with Crippen LogP contribution in [0.25, 0.3) is 0 Å². The Morgan fingerprint density at radius 3 is 2.71 bits per heavy atom. The van der Waals surface area contributed by atoms with Gasteiger partial charge in [-0.2, -0.15) is 0 Å². The van der Waals surface area contributed by atoms with Gasteiger partial charge in [-0.1, -0.05) is 11.6 Å². The van der Waals surface area contributed by atoms with E-state index in [1.807, 2.05) is 0 Å². The van der Waals surface area contributed by atoms with E-state index in [9.17, 15) is 9.59 Å². The highest BCUT2D eigenvalue weighted by Gasteiger charge is 2.28. The number of likely N-dealkylation sites (tertiary alicyclic amines) is 1. The van der Waals surface area contributed by atoms with Crippen molar-refractivity contribution in [2.24, 2.45) is 7.05 Å². The minimum absolute atomic E-state index is 0.0358. The second-order valence-corrected chi connectivity index (χ2v) is 5.61. The van der Waals surface area contributed by atoms with Crippen LogP contribution < -0.4 is 5.76 Å². The predicted octanol–water partition coefficient (Wildman–Crippen LogP) is 1.37. The molecule has 0 spiro atoms. The summed E-state index contributed by atoms with van der Waals surface area (Å²) in [5.41, 5.74) is 0.574. The highest BCUT2D eigenvalue weighted by molar-refractivity contribution is 6.31. The number of hydrogen-bond donors (Lipinski definition) is 1. The Kier molecular flexibility index (Phi) is 3.59. The minimum Gasteiger partial charge on any atom is -0.392 e. The molecule has 3 heterocycles. The van der Waals surface area contributed by atoms with E-state index in [1.54, 1.807) is 28.8 Å². The lowest BCUT2D eigenvalue weighted by atomic mass is 9.96. The van der Waals surface area contributed by atoms with Crippen LogP contribution in [0.3, 0.4) is 0 Å². The molecule has 0 aromatic carbocycles. The molecule has 1 amide bonds. The molecule has 1 N–H and O–H groups in total. The number of aromatic amines is 1. The molecule has 112 valence electrons. The third kappa shape index (κ3) is 2.73. The van der Waals surface area contributed by atoms with Gasteiger partial charge in [0.15, 0.2) is 0 Å². The van der Waals surface area contributed by atoms with Crippen LogP contribution in [0.15, 0.2) is 21.5 Å². The molecule has 1 aliphatic rings. The number of nitrogens with one attached hydrogen (secondary N) is 1. The Morgan fingerprint density at radius 2 is 2.19 bits per heavy atom. The lowest BCUT2D eigenvalue weighted by Gasteiger charge is -2.30. The van der Waals surface area contributed by atoms with Crippen LogP contribution in [-0.4, -0.2) is 38.7 Å². The Balaban J connectivity index is 1.67. The standard InChI is InChI=1S/C13H15ClN4O3/c1-17-7-9(14)6-10(17)12(19)18-4-2-8(3-5-18)11-15-16-13(20)21-11/h6-8H,2-5H2,1H3,(H,16,20). The van der Waals surface area contributed by atoms with E-state index >= 15 is 0 Å². The van der Waals surface area contributed by atoms with Crippen molar-refractivity contribution < 1.29 is 9.21 Å². The molecule has 2 aromatic rings. The van der Waals surface area contributed by atoms with Crippen molar-refractivity contribution in [1.29, 1.82) is 0 Å². The molecule has 0 aliphatic carbocycles. The average Bonchev–Trinajstić information content (AvgIpc) is 3.04. The summed E-state index contributed by atoms with van der Waals surface area (Å²) in [6, 6.07) is 1.67. The van der Waals surface area contributed by atoms with E-state index < -0.39 is 5.76 Å². The van der Waals surface area contributed by atoms with Gasteiger partial charge in [0.05, 0.1) is 5.02 Å². The van der Waals surface area contributed by atoms with Crippen molar-refractivity contribution in [3.63, 3.8) is 0 Å². The largest absolute Gasteiger partial charge is 0.434 e. The van der Waals surface area contributed by atoms with Gasteiger partial charge in [-0.05, 0) is 18.9 Å². The topological polar surface area (TPSA) is 84.1 Å². The van der Waals surface area contributed by atoms with Crippen molar-refractivity contribution in [1.82, 2.24) is 19.7 Å². The van der Waals surface area contributed by atoms with E-state index in [0.717, 1.165) is 12.8 Å². The fraction of sp³-hybridized carbons (Fsp3) is 0.462. The maximum absolute atomic E-state index is 12.4. The van der Waals surface area contributed by atoms with Gasteiger partial charge in [0.1, 0.15) is 5.69 Å². The monoisotopic (exact) mass is 310 g/mol. The van der Waals surface area contributed by atoms with E-state index in [0.29, 0.717) is 29.7 Å². The summed E-state index contributed by atoms with van der Waals surface area (Å²) in [4.78, 5) is 25.2. The van der Waals surface area contributed by atoms with Crippen molar-refractivity contribution in [3.05, 3.63) is 39.4 Å². The Bertz CT molecular complexity index is 709. The fourth-order valence-corrected chi connectivity index (χ4v) is 2.89. The molecule has 1 saturated heterocycles. The van der Waals surface area contributed by atoms with Gasteiger partial charge in [0.2, 0.25) is 5.89 Å². The molecule has 2 aromatic heterocycles. The van der Waals surface area contributed by atoms with Gasteiger partial charge in [0.25, 0.3) is 5.91 Å².